The molecule has 0 aromatic heterocycles. The molecule has 11 heavy (non-hydrogen) atoms. The second-order valence-electron chi connectivity index (χ2n) is 2.82. The highest BCUT2D eigenvalue weighted by Crippen LogP contribution is 2.12. The van der Waals surface area contributed by atoms with Gasteiger partial charge in [-0.3, -0.25) is 0 Å². The SMILES string of the molecule is C=C(CC)/C(C)=C/C(C)=C\C. The largest absolute Gasteiger partial charge is 0.0956 e. The molecule has 0 nitrogen and oxygen atoms in total. The van der Waals surface area contributed by atoms with E-state index in [4.69, 9.17) is 0 Å². The molecule has 0 unspecified atom stereocenters. The summed E-state index contributed by atoms with van der Waals surface area (Å²) in [4.78, 5) is 0. The van der Waals surface area contributed by atoms with Crippen LogP contribution in [0.4, 0.5) is 0 Å². The van der Waals surface area contributed by atoms with Gasteiger partial charge in [0.05, 0.1) is 0 Å². The zero-order valence-electron chi connectivity index (χ0n) is 8.07. The average Bonchev–Trinajstić information content (AvgIpc) is 2.02. The van der Waals surface area contributed by atoms with Crippen LogP contribution in [0.15, 0.2) is 35.5 Å². The van der Waals surface area contributed by atoms with Gasteiger partial charge in [0.1, 0.15) is 0 Å². The molecule has 0 aliphatic carbocycles. The zero-order valence-corrected chi connectivity index (χ0v) is 8.07. The Bertz CT molecular complexity index is 192. The Morgan fingerprint density at radius 3 is 2.27 bits per heavy atom. The second kappa shape index (κ2) is 4.95. The monoisotopic (exact) mass is 150 g/mol. The number of rotatable bonds is 3. The van der Waals surface area contributed by atoms with Gasteiger partial charge < -0.3 is 0 Å². The molecule has 0 heterocycles. The van der Waals surface area contributed by atoms with Gasteiger partial charge in [-0.1, -0.05) is 36.8 Å². The summed E-state index contributed by atoms with van der Waals surface area (Å²) in [5, 5.41) is 0. The third-order valence-electron chi connectivity index (χ3n) is 1.88. The van der Waals surface area contributed by atoms with Crippen LogP contribution in [0.25, 0.3) is 0 Å². The number of hydrogen-bond donors (Lipinski definition) is 0. The average molecular weight is 150 g/mol. The summed E-state index contributed by atoms with van der Waals surface area (Å²) < 4.78 is 0. The van der Waals surface area contributed by atoms with Gasteiger partial charge in [-0.25, -0.2) is 0 Å². The molecule has 0 fully saturated rings. The summed E-state index contributed by atoms with van der Waals surface area (Å²) >= 11 is 0. The van der Waals surface area contributed by atoms with Crippen LogP contribution in [0.2, 0.25) is 0 Å². The fraction of sp³-hybridized carbons (Fsp3) is 0.455. The van der Waals surface area contributed by atoms with Crippen molar-refractivity contribution in [3.05, 3.63) is 35.5 Å². The Kier molecular flexibility index (Phi) is 4.60. The number of allylic oxidation sites excluding steroid dienone is 5. The van der Waals surface area contributed by atoms with Crippen molar-refractivity contribution in [2.45, 2.75) is 34.1 Å². The molecule has 0 heteroatoms. The van der Waals surface area contributed by atoms with Crippen LogP contribution in [-0.2, 0) is 0 Å². The minimum Gasteiger partial charge on any atom is -0.0956 e. The van der Waals surface area contributed by atoms with E-state index in [9.17, 15) is 0 Å². The van der Waals surface area contributed by atoms with Crippen LogP contribution >= 0.6 is 0 Å². The molecular weight excluding hydrogens is 132 g/mol. The Balaban J connectivity index is 4.34. The predicted octanol–water partition coefficient (Wildman–Crippen LogP) is 3.87. The molecule has 62 valence electrons. The first-order chi connectivity index (χ1) is 5.11. The Labute approximate surface area is 70.3 Å². The molecule has 0 atom stereocenters. The molecule has 0 amide bonds. The zero-order chi connectivity index (χ0) is 8.85. The fourth-order valence-electron chi connectivity index (χ4n) is 0.806. The molecule has 0 aromatic carbocycles. The van der Waals surface area contributed by atoms with Crippen molar-refractivity contribution in [1.82, 2.24) is 0 Å². The molecule has 0 spiro atoms. The second-order valence-corrected chi connectivity index (χ2v) is 2.82. The van der Waals surface area contributed by atoms with E-state index in [1.165, 1.54) is 16.7 Å². The van der Waals surface area contributed by atoms with Gasteiger partial charge >= 0.3 is 0 Å². The molecule has 0 saturated heterocycles. The van der Waals surface area contributed by atoms with E-state index in [0.717, 1.165) is 6.42 Å². The highest BCUT2D eigenvalue weighted by molar-refractivity contribution is 5.32. The Morgan fingerprint density at radius 1 is 1.36 bits per heavy atom. The van der Waals surface area contributed by atoms with Crippen molar-refractivity contribution in [3.8, 4) is 0 Å². The summed E-state index contributed by atoms with van der Waals surface area (Å²) in [5.41, 5.74) is 3.83. The molecular formula is C11H18. The normalized spacial score (nSPS) is 13.5. The first kappa shape index (κ1) is 10.2. The summed E-state index contributed by atoms with van der Waals surface area (Å²) in [6, 6.07) is 0. The summed E-state index contributed by atoms with van der Waals surface area (Å²) in [7, 11) is 0. The molecule has 0 aliphatic rings. The first-order valence-electron chi connectivity index (χ1n) is 4.11. The van der Waals surface area contributed by atoms with Gasteiger partial charge in [0.25, 0.3) is 0 Å². The van der Waals surface area contributed by atoms with E-state index in [1.807, 2.05) is 6.92 Å². The van der Waals surface area contributed by atoms with E-state index < -0.39 is 0 Å². The molecule has 0 saturated carbocycles. The maximum Gasteiger partial charge on any atom is -0.0311 e. The smallest absolute Gasteiger partial charge is 0.0311 e. The minimum absolute atomic E-state index is 1.04. The maximum absolute atomic E-state index is 3.96. The first-order valence-corrected chi connectivity index (χ1v) is 4.11. The lowest BCUT2D eigenvalue weighted by atomic mass is 10.0. The summed E-state index contributed by atoms with van der Waals surface area (Å²) in [6.45, 7) is 12.4. The van der Waals surface area contributed by atoms with Gasteiger partial charge in [-0.2, -0.15) is 0 Å². The lowest BCUT2D eigenvalue weighted by Crippen LogP contribution is -1.81. The highest BCUT2D eigenvalue weighted by atomic mass is 14.0. The van der Waals surface area contributed by atoms with Crippen molar-refractivity contribution < 1.29 is 0 Å². The van der Waals surface area contributed by atoms with Crippen LogP contribution in [-0.4, -0.2) is 0 Å². The Morgan fingerprint density at radius 2 is 1.91 bits per heavy atom. The maximum atomic E-state index is 3.96. The fourth-order valence-corrected chi connectivity index (χ4v) is 0.806. The van der Waals surface area contributed by atoms with E-state index in [-0.39, 0.29) is 0 Å². The standard InChI is InChI=1S/C11H18/c1-6-9(3)8-11(5)10(4)7-2/h6,8H,4,7H2,1-3,5H3/b9-6-,11-8+. The molecule has 0 N–H and O–H groups in total. The van der Waals surface area contributed by atoms with Crippen molar-refractivity contribution in [3.63, 3.8) is 0 Å². The van der Waals surface area contributed by atoms with Gasteiger partial charge in [0, 0.05) is 0 Å². The topological polar surface area (TPSA) is 0 Å². The van der Waals surface area contributed by atoms with E-state index in [1.54, 1.807) is 0 Å². The van der Waals surface area contributed by atoms with E-state index in [2.05, 4.69) is 39.5 Å². The van der Waals surface area contributed by atoms with Crippen LogP contribution in [0, 0.1) is 0 Å². The predicted molar refractivity (Wildman–Crippen MR) is 52.6 cm³/mol. The van der Waals surface area contributed by atoms with Gasteiger partial charge in [0.15, 0.2) is 0 Å². The lowest BCUT2D eigenvalue weighted by Gasteiger charge is -2.01. The molecule has 0 radical (unpaired) electrons. The van der Waals surface area contributed by atoms with Crippen molar-refractivity contribution in [2.24, 2.45) is 0 Å². The van der Waals surface area contributed by atoms with Gasteiger partial charge in [-0.15, -0.1) is 0 Å². The minimum atomic E-state index is 1.04. The van der Waals surface area contributed by atoms with E-state index in [0.29, 0.717) is 0 Å². The highest BCUT2D eigenvalue weighted by Gasteiger charge is 1.92. The Hall–Kier alpha value is -0.780. The van der Waals surface area contributed by atoms with Crippen molar-refractivity contribution in [2.75, 3.05) is 0 Å². The molecule has 0 bridgehead atoms. The van der Waals surface area contributed by atoms with Gasteiger partial charge in [0.2, 0.25) is 0 Å². The van der Waals surface area contributed by atoms with Crippen LogP contribution in [0.5, 0.6) is 0 Å². The van der Waals surface area contributed by atoms with Crippen molar-refractivity contribution >= 4 is 0 Å². The quantitative estimate of drug-likeness (QED) is 0.536. The van der Waals surface area contributed by atoms with Crippen LogP contribution in [0.3, 0.4) is 0 Å². The third kappa shape index (κ3) is 3.82. The third-order valence-corrected chi connectivity index (χ3v) is 1.88. The van der Waals surface area contributed by atoms with Crippen molar-refractivity contribution in [1.29, 1.82) is 0 Å². The molecule has 0 aromatic rings. The summed E-state index contributed by atoms with van der Waals surface area (Å²) in [5.74, 6) is 0. The van der Waals surface area contributed by atoms with Crippen LogP contribution < -0.4 is 0 Å². The summed E-state index contributed by atoms with van der Waals surface area (Å²) in [6.07, 6.45) is 5.32. The molecule has 0 aliphatic heterocycles. The number of hydrogen-bond acceptors (Lipinski definition) is 0. The molecule has 0 rings (SSSR count). The van der Waals surface area contributed by atoms with E-state index >= 15 is 0 Å². The lowest BCUT2D eigenvalue weighted by molar-refractivity contribution is 1.11. The van der Waals surface area contributed by atoms with Crippen LogP contribution in [0.1, 0.15) is 34.1 Å². The van der Waals surface area contributed by atoms with Gasteiger partial charge in [-0.05, 0) is 32.8 Å².